The van der Waals surface area contributed by atoms with Crippen molar-refractivity contribution < 1.29 is 15.0 Å². The summed E-state index contributed by atoms with van der Waals surface area (Å²) in [5, 5.41) is 18.8. The second-order valence-corrected chi connectivity index (χ2v) is 4.88. The molecule has 0 saturated heterocycles. The van der Waals surface area contributed by atoms with Crippen molar-refractivity contribution in [2.24, 2.45) is 0 Å². The summed E-state index contributed by atoms with van der Waals surface area (Å²) in [6, 6.07) is 1.61. The monoisotopic (exact) mass is 284 g/mol. The zero-order valence-electron chi connectivity index (χ0n) is 8.79. The number of carboxylic acids is 1. The third kappa shape index (κ3) is 1.94. The van der Waals surface area contributed by atoms with E-state index in [1.54, 1.807) is 6.07 Å². The highest BCUT2D eigenvalue weighted by Crippen LogP contribution is 2.37. The van der Waals surface area contributed by atoms with E-state index in [2.05, 4.69) is 15.9 Å². The molecule has 0 aromatic heterocycles. The molecular formula is C12H13BrO3. The van der Waals surface area contributed by atoms with Gasteiger partial charge in [0.05, 0.1) is 4.47 Å². The summed E-state index contributed by atoms with van der Waals surface area (Å²) in [5.41, 5.74) is 2.12. The predicted octanol–water partition coefficient (Wildman–Crippen LogP) is 3.12. The molecule has 4 heteroatoms. The van der Waals surface area contributed by atoms with E-state index < -0.39 is 5.97 Å². The van der Waals surface area contributed by atoms with Crippen molar-refractivity contribution in [3.63, 3.8) is 0 Å². The van der Waals surface area contributed by atoms with Crippen LogP contribution in [0.2, 0.25) is 0 Å². The van der Waals surface area contributed by atoms with Gasteiger partial charge >= 0.3 is 5.97 Å². The molecule has 86 valence electrons. The highest BCUT2D eigenvalue weighted by molar-refractivity contribution is 9.10. The Morgan fingerprint density at radius 1 is 1.25 bits per heavy atom. The first-order valence-electron chi connectivity index (χ1n) is 5.37. The molecule has 0 atom stereocenters. The first-order valence-corrected chi connectivity index (χ1v) is 6.17. The molecule has 0 heterocycles. The maximum Gasteiger partial charge on any atom is 0.339 e. The van der Waals surface area contributed by atoms with E-state index in [4.69, 9.17) is 5.11 Å². The molecule has 0 unspecified atom stereocenters. The van der Waals surface area contributed by atoms with Crippen molar-refractivity contribution in [2.45, 2.75) is 32.1 Å². The van der Waals surface area contributed by atoms with Gasteiger partial charge in [0.15, 0.2) is 0 Å². The largest absolute Gasteiger partial charge is 0.506 e. The Labute approximate surface area is 102 Å². The number of carboxylic acid groups (broad SMARTS) is 1. The summed E-state index contributed by atoms with van der Waals surface area (Å²) in [6.07, 6.45) is 5.14. The Kier molecular flexibility index (Phi) is 3.19. The van der Waals surface area contributed by atoms with Gasteiger partial charge in [-0.2, -0.15) is 0 Å². The zero-order chi connectivity index (χ0) is 11.7. The van der Waals surface area contributed by atoms with Crippen LogP contribution in [0.5, 0.6) is 5.75 Å². The SMILES string of the molecule is O=C(O)c1cc2c(c(Br)c1O)CCCCC2. The summed E-state index contributed by atoms with van der Waals surface area (Å²) >= 11 is 3.31. The van der Waals surface area contributed by atoms with E-state index in [1.165, 1.54) is 0 Å². The van der Waals surface area contributed by atoms with Crippen molar-refractivity contribution in [3.05, 3.63) is 27.2 Å². The van der Waals surface area contributed by atoms with Crippen LogP contribution < -0.4 is 0 Å². The van der Waals surface area contributed by atoms with E-state index in [9.17, 15) is 9.90 Å². The van der Waals surface area contributed by atoms with Crippen LogP contribution in [0, 0.1) is 0 Å². The fourth-order valence-corrected chi connectivity index (χ4v) is 2.85. The minimum Gasteiger partial charge on any atom is -0.506 e. The Bertz CT molecular complexity index is 440. The van der Waals surface area contributed by atoms with Crippen LogP contribution in [0.25, 0.3) is 0 Å². The molecule has 1 aliphatic carbocycles. The zero-order valence-corrected chi connectivity index (χ0v) is 10.4. The number of benzene rings is 1. The van der Waals surface area contributed by atoms with Crippen molar-refractivity contribution >= 4 is 21.9 Å². The Morgan fingerprint density at radius 2 is 1.94 bits per heavy atom. The molecule has 0 aliphatic heterocycles. The first-order chi connectivity index (χ1) is 7.61. The number of aromatic carboxylic acids is 1. The maximum absolute atomic E-state index is 11.0. The number of rotatable bonds is 1. The van der Waals surface area contributed by atoms with Gasteiger partial charge in [0, 0.05) is 0 Å². The van der Waals surface area contributed by atoms with Crippen LogP contribution in [0.4, 0.5) is 0 Å². The average molecular weight is 285 g/mol. The van der Waals surface area contributed by atoms with E-state index >= 15 is 0 Å². The van der Waals surface area contributed by atoms with Gasteiger partial charge in [-0.25, -0.2) is 4.79 Å². The van der Waals surface area contributed by atoms with Crippen LogP contribution in [0.1, 0.15) is 40.7 Å². The summed E-state index contributed by atoms with van der Waals surface area (Å²) in [5.74, 6) is -1.22. The summed E-state index contributed by atoms with van der Waals surface area (Å²) in [4.78, 5) is 11.0. The minimum atomic E-state index is -1.08. The molecule has 0 bridgehead atoms. The van der Waals surface area contributed by atoms with Gasteiger partial charge in [-0.05, 0) is 58.8 Å². The molecule has 0 fully saturated rings. The molecule has 1 aromatic carbocycles. The number of aryl methyl sites for hydroxylation is 1. The van der Waals surface area contributed by atoms with Crippen molar-refractivity contribution in [1.82, 2.24) is 0 Å². The third-order valence-corrected chi connectivity index (χ3v) is 3.89. The molecule has 3 nitrogen and oxygen atoms in total. The molecule has 1 aromatic rings. The molecule has 0 saturated carbocycles. The number of halogens is 1. The molecule has 0 spiro atoms. The second-order valence-electron chi connectivity index (χ2n) is 4.09. The number of carbonyl (C=O) groups is 1. The van der Waals surface area contributed by atoms with Crippen LogP contribution in [0.15, 0.2) is 10.5 Å². The highest BCUT2D eigenvalue weighted by atomic mass is 79.9. The van der Waals surface area contributed by atoms with E-state index in [1.807, 2.05) is 0 Å². The van der Waals surface area contributed by atoms with Gasteiger partial charge in [-0.3, -0.25) is 0 Å². The van der Waals surface area contributed by atoms with Gasteiger partial charge in [0.1, 0.15) is 11.3 Å². The lowest BCUT2D eigenvalue weighted by molar-refractivity contribution is 0.0693. The molecule has 0 radical (unpaired) electrons. The summed E-state index contributed by atoms with van der Waals surface area (Å²) in [7, 11) is 0. The molecule has 0 amide bonds. The molecule has 1 aliphatic rings. The highest BCUT2D eigenvalue weighted by Gasteiger charge is 2.20. The smallest absolute Gasteiger partial charge is 0.339 e. The number of fused-ring (bicyclic) bond motifs is 1. The van der Waals surface area contributed by atoms with Crippen LogP contribution in [0.3, 0.4) is 0 Å². The lowest BCUT2D eigenvalue weighted by atomic mass is 9.99. The van der Waals surface area contributed by atoms with Gasteiger partial charge in [-0.1, -0.05) is 6.42 Å². The van der Waals surface area contributed by atoms with Crippen molar-refractivity contribution in [1.29, 1.82) is 0 Å². The molecular weight excluding hydrogens is 272 g/mol. The van der Waals surface area contributed by atoms with Crippen LogP contribution >= 0.6 is 15.9 Å². The van der Waals surface area contributed by atoms with Crippen molar-refractivity contribution in [3.8, 4) is 5.75 Å². The minimum absolute atomic E-state index is 0.00692. The number of hydrogen-bond donors (Lipinski definition) is 2. The lowest BCUT2D eigenvalue weighted by Crippen LogP contribution is -2.02. The number of aromatic hydroxyl groups is 1. The Balaban J connectivity index is 2.59. The second kappa shape index (κ2) is 4.45. The normalized spacial score (nSPS) is 15.3. The standard InChI is InChI=1S/C12H13BrO3/c13-10-8-5-3-1-2-4-7(8)6-9(11(10)14)12(15)16/h6,14H,1-5H2,(H,15,16). The fraction of sp³-hybridized carbons (Fsp3) is 0.417. The Hall–Kier alpha value is -1.03. The van der Waals surface area contributed by atoms with E-state index in [-0.39, 0.29) is 11.3 Å². The van der Waals surface area contributed by atoms with Crippen LogP contribution in [-0.2, 0) is 12.8 Å². The van der Waals surface area contributed by atoms with Gasteiger partial charge < -0.3 is 10.2 Å². The number of hydrogen-bond acceptors (Lipinski definition) is 2. The van der Waals surface area contributed by atoms with E-state index in [0.717, 1.165) is 43.2 Å². The third-order valence-electron chi connectivity index (χ3n) is 3.04. The topological polar surface area (TPSA) is 57.5 Å². The van der Waals surface area contributed by atoms with Crippen molar-refractivity contribution in [2.75, 3.05) is 0 Å². The maximum atomic E-state index is 11.0. The van der Waals surface area contributed by atoms with Crippen LogP contribution in [-0.4, -0.2) is 16.2 Å². The molecule has 16 heavy (non-hydrogen) atoms. The van der Waals surface area contributed by atoms with Gasteiger partial charge in [0.2, 0.25) is 0 Å². The van der Waals surface area contributed by atoms with Gasteiger partial charge in [-0.15, -0.1) is 0 Å². The van der Waals surface area contributed by atoms with Gasteiger partial charge in [0.25, 0.3) is 0 Å². The summed E-state index contributed by atoms with van der Waals surface area (Å²) in [6.45, 7) is 0. The average Bonchev–Trinajstić information content (AvgIpc) is 2.48. The quantitative estimate of drug-likeness (QED) is 0.779. The predicted molar refractivity (Wildman–Crippen MR) is 64.0 cm³/mol. The fourth-order valence-electron chi connectivity index (χ4n) is 2.18. The van der Waals surface area contributed by atoms with E-state index in [0.29, 0.717) is 4.47 Å². The molecule has 2 rings (SSSR count). The summed E-state index contributed by atoms with van der Waals surface area (Å²) < 4.78 is 0.560. The molecule has 2 N–H and O–H groups in total. The lowest BCUT2D eigenvalue weighted by Gasteiger charge is -2.12. The number of phenols is 1. The first kappa shape index (κ1) is 11.5. The Morgan fingerprint density at radius 3 is 2.62 bits per heavy atom.